The molecule has 28 heavy (non-hydrogen) atoms. The highest BCUT2D eigenvalue weighted by Crippen LogP contribution is 2.17. The molecule has 0 radical (unpaired) electrons. The van der Waals surface area contributed by atoms with Crippen LogP contribution >= 0.6 is 0 Å². The van der Waals surface area contributed by atoms with Crippen LogP contribution in [0.25, 0.3) is 0 Å². The van der Waals surface area contributed by atoms with Gasteiger partial charge in [0.2, 0.25) is 0 Å². The van der Waals surface area contributed by atoms with Crippen LogP contribution < -0.4 is 10.6 Å². The summed E-state index contributed by atoms with van der Waals surface area (Å²) in [6.07, 6.45) is 0. The van der Waals surface area contributed by atoms with Crippen LogP contribution in [0, 0.1) is 0 Å². The van der Waals surface area contributed by atoms with E-state index in [1.165, 1.54) is 24.3 Å². The zero-order valence-corrected chi connectivity index (χ0v) is 14.3. The summed E-state index contributed by atoms with van der Waals surface area (Å²) in [5, 5.41) is 41.9. The Bertz CT molecular complexity index is 813. The lowest BCUT2D eigenvalue weighted by Gasteiger charge is -2.11. The van der Waals surface area contributed by atoms with E-state index in [1.807, 2.05) is 0 Å². The molecule has 10 heteroatoms. The number of benzene rings is 2. The first-order valence-electron chi connectivity index (χ1n) is 7.88. The lowest BCUT2D eigenvalue weighted by Crippen LogP contribution is -2.15. The van der Waals surface area contributed by atoms with Gasteiger partial charge in [0.15, 0.2) is 0 Å². The average molecular weight is 388 g/mol. The van der Waals surface area contributed by atoms with Crippen molar-refractivity contribution >= 4 is 35.3 Å². The van der Waals surface area contributed by atoms with E-state index in [-0.39, 0.29) is 46.7 Å². The molecule has 10 nitrogen and oxygen atoms in total. The summed E-state index contributed by atoms with van der Waals surface area (Å²) in [5.74, 6) is -5.07. The van der Waals surface area contributed by atoms with Crippen molar-refractivity contribution in [2.24, 2.45) is 0 Å². The number of carbonyl (C=O) groups is 4. The van der Waals surface area contributed by atoms with E-state index < -0.39 is 23.9 Å². The molecule has 2 rings (SSSR count). The van der Waals surface area contributed by atoms with Gasteiger partial charge in [-0.15, -0.1) is 0 Å². The number of anilines is 2. The van der Waals surface area contributed by atoms with E-state index >= 15 is 0 Å². The molecular weight excluding hydrogens is 372 g/mol. The fraction of sp³-hybridized carbons (Fsp3) is 0.111. The van der Waals surface area contributed by atoms with Crippen LogP contribution in [0.15, 0.2) is 36.4 Å². The molecule has 0 aliphatic carbocycles. The molecule has 0 aliphatic heterocycles. The molecule has 146 valence electrons. The number of aromatic carboxylic acids is 4. The van der Waals surface area contributed by atoms with Crippen molar-refractivity contribution in [2.45, 2.75) is 0 Å². The minimum atomic E-state index is -1.27. The zero-order chi connectivity index (χ0) is 20.8. The number of nitrogens with one attached hydrogen (secondary N) is 2. The minimum absolute atomic E-state index is 0.185. The second-order valence-corrected chi connectivity index (χ2v) is 5.67. The Hall–Kier alpha value is -4.08. The molecule has 0 heterocycles. The lowest BCUT2D eigenvalue weighted by molar-refractivity contribution is 0.0676. The van der Waals surface area contributed by atoms with Crippen molar-refractivity contribution in [2.75, 3.05) is 23.7 Å². The summed E-state index contributed by atoms with van der Waals surface area (Å²) >= 11 is 0. The predicted molar refractivity (Wildman–Crippen MR) is 97.7 cm³/mol. The maximum absolute atomic E-state index is 11.1. The molecule has 0 spiro atoms. The van der Waals surface area contributed by atoms with Crippen molar-refractivity contribution in [3.63, 3.8) is 0 Å². The number of carboxylic acid groups (broad SMARTS) is 4. The van der Waals surface area contributed by atoms with Crippen molar-refractivity contribution in [1.29, 1.82) is 0 Å². The number of hydrogen-bond acceptors (Lipinski definition) is 6. The minimum Gasteiger partial charge on any atom is -0.478 e. The highest BCUT2D eigenvalue weighted by atomic mass is 16.4. The van der Waals surface area contributed by atoms with Gasteiger partial charge in [0, 0.05) is 24.5 Å². The maximum Gasteiger partial charge on any atom is 0.335 e. The van der Waals surface area contributed by atoms with Crippen LogP contribution in [0.3, 0.4) is 0 Å². The molecule has 2 aromatic carbocycles. The van der Waals surface area contributed by atoms with Crippen LogP contribution in [0.5, 0.6) is 0 Å². The molecule has 0 aromatic heterocycles. The third-order valence-corrected chi connectivity index (χ3v) is 3.64. The van der Waals surface area contributed by atoms with E-state index in [4.69, 9.17) is 20.4 Å². The van der Waals surface area contributed by atoms with Crippen LogP contribution in [0.4, 0.5) is 11.4 Å². The molecule has 0 unspecified atom stereocenters. The van der Waals surface area contributed by atoms with Crippen molar-refractivity contribution in [1.82, 2.24) is 0 Å². The Labute approximate surface area is 158 Å². The Morgan fingerprint density at radius 1 is 0.536 bits per heavy atom. The fourth-order valence-electron chi connectivity index (χ4n) is 2.37. The summed E-state index contributed by atoms with van der Waals surface area (Å²) < 4.78 is 0. The predicted octanol–water partition coefficient (Wildman–Crippen LogP) is 2.00. The fourth-order valence-corrected chi connectivity index (χ4v) is 2.37. The Kier molecular flexibility index (Phi) is 6.17. The van der Waals surface area contributed by atoms with Crippen molar-refractivity contribution < 1.29 is 39.6 Å². The lowest BCUT2D eigenvalue weighted by atomic mass is 10.1. The van der Waals surface area contributed by atoms with Crippen LogP contribution in [-0.4, -0.2) is 57.4 Å². The maximum atomic E-state index is 11.1. The van der Waals surface area contributed by atoms with Gasteiger partial charge >= 0.3 is 23.9 Å². The van der Waals surface area contributed by atoms with Gasteiger partial charge in [0.25, 0.3) is 0 Å². The monoisotopic (exact) mass is 388 g/mol. The van der Waals surface area contributed by atoms with E-state index in [0.717, 1.165) is 12.1 Å². The largest absolute Gasteiger partial charge is 0.478 e. The first-order valence-corrected chi connectivity index (χ1v) is 7.88. The molecule has 6 N–H and O–H groups in total. The molecule has 0 amide bonds. The molecule has 0 aliphatic rings. The third kappa shape index (κ3) is 5.21. The van der Waals surface area contributed by atoms with Gasteiger partial charge in [-0.2, -0.15) is 0 Å². The van der Waals surface area contributed by atoms with Gasteiger partial charge in [-0.3, -0.25) is 0 Å². The summed E-state index contributed by atoms with van der Waals surface area (Å²) in [6.45, 7) is 0.448. The van der Waals surface area contributed by atoms with Crippen molar-refractivity contribution in [3.8, 4) is 0 Å². The zero-order valence-electron chi connectivity index (χ0n) is 14.3. The van der Waals surface area contributed by atoms with Gasteiger partial charge in [-0.25, -0.2) is 19.2 Å². The second-order valence-electron chi connectivity index (χ2n) is 5.67. The van der Waals surface area contributed by atoms with Crippen LogP contribution in [0.2, 0.25) is 0 Å². The standard InChI is InChI=1S/C18H16N2O8/c21-15(22)9-3-10(16(23)24)6-13(5-9)19-1-2-20-14-7-11(17(25)26)4-12(8-14)18(27)28/h3-8,19-20H,1-2H2,(H,21,22)(H,23,24)(H,25,26)(H,27,28). The summed E-state index contributed by atoms with van der Waals surface area (Å²) in [4.78, 5) is 44.4. The van der Waals surface area contributed by atoms with Crippen molar-refractivity contribution in [3.05, 3.63) is 58.7 Å². The summed E-state index contributed by atoms with van der Waals surface area (Å²) in [6, 6.07) is 7.20. The Balaban J connectivity index is 2.07. The third-order valence-electron chi connectivity index (χ3n) is 3.64. The molecule has 2 aromatic rings. The number of rotatable bonds is 9. The topological polar surface area (TPSA) is 173 Å². The number of carboxylic acids is 4. The van der Waals surface area contributed by atoms with Crippen LogP contribution in [0.1, 0.15) is 41.4 Å². The molecular formula is C18H16N2O8. The first kappa shape index (κ1) is 20.2. The Morgan fingerprint density at radius 2 is 0.786 bits per heavy atom. The average Bonchev–Trinajstić information content (AvgIpc) is 2.64. The Morgan fingerprint density at radius 3 is 1.00 bits per heavy atom. The molecule has 0 bridgehead atoms. The SMILES string of the molecule is O=C(O)c1cc(NCCNc2cc(C(=O)O)cc(C(=O)O)c2)cc(C(=O)O)c1. The second kappa shape index (κ2) is 8.54. The molecule has 0 atom stereocenters. The molecule has 0 saturated carbocycles. The van der Waals surface area contributed by atoms with Crippen LogP contribution in [-0.2, 0) is 0 Å². The van der Waals surface area contributed by atoms with Gasteiger partial charge in [0.1, 0.15) is 0 Å². The van der Waals surface area contributed by atoms with E-state index in [9.17, 15) is 19.2 Å². The molecule has 0 saturated heterocycles. The van der Waals surface area contributed by atoms with Gasteiger partial charge < -0.3 is 31.1 Å². The van der Waals surface area contributed by atoms with E-state index in [1.54, 1.807) is 0 Å². The highest BCUT2D eigenvalue weighted by molar-refractivity contribution is 5.96. The number of hydrogen-bond donors (Lipinski definition) is 6. The summed E-state index contributed by atoms with van der Waals surface area (Å²) in [7, 11) is 0. The van der Waals surface area contributed by atoms with E-state index in [2.05, 4.69) is 10.6 Å². The van der Waals surface area contributed by atoms with Gasteiger partial charge in [-0.1, -0.05) is 0 Å². The summed E-state index contributed by atoms with van der Waals surface area (Å²) in [5.41, 5.74) is -0.174. The van der Waals surface area contributed by atoms with Gasteiger partial charge in [0.05, 0.1) is 22.3 Å². The smallest absolute Gasteiger partial charge is 0.335 e. The van der Waals surface area contributed by atoms with E-state index in [0.29, 0.717) is 0 Å². The normalized spacial score (nSPS) is 10.1. The highest BCUT2D eigenvalue weighted by Gasteiger charge is 2.12. The molecule has 0 fully saturated rings. The first-order chi connectivity index (χ1) is 13.2. The van der Waals surface area contributed by atoms with Gasteiger partial charge in [-0.05, 0) is 36.4 Å². The quantitative estimate of drug-likeness (QED) is 0.349.